The Morgan fingerprint density at radius 2 is 1.40 bits per heavy atom. The SMILES string of the molecule is CC(C)(C)c1ccc(C(C)(C)C)c(C(O)C(F)(F)F)c1. The minimum atomic E-state index is -4.66. The van der Waals surface area contributed by atoms with Crippen LogP contribution in [0.1, 0.15) is 64.3 Å². The van der Waals surface area contributed by atoms with E-state index >= 15 is 0 Å². The van der Waals surface area contributed by atoms with Crippen molar-refractivity contribution < 1.29 is 18.3 Å². The van der Waals surface area contributed by atoms with Gasteiger partial charge >= 0.3 is 6.18 Å². The van der Waals surface area contributed by atoms with E-state index in [1.807, 2.05) is 47.6 Å². The molecule has 0 amide bonds. The minimum Gasteiger partial charge on any atom is -0.379 e. The van der Waals surface area contributed by atoms with Gasteiger partial charge in [0.05, 0.1) is 0 Å². The molecule has 0 heterocycles. The van der Waals surface area contributed by atoms with Crippen molar-refractivity contribution in [2.45, 2.75) is 64.7 Å². The topological polar surface area (TPSA) is 20.2 Å². The van der Waals surface area contributed by atoms with E-state index in [-0.39, 0.29) is 11.0 Å². The summed E-state index contributed by atoms with van der Waals surface area (Å²) in [6.07, 6.45) is -7.10. The number of hydrogen-bond acceptors (Lipinski definition) is 1. The van der Waals surface area contributed by atoms with Gasteiger partial charge in [-0.3, -0.25) is 0 Å². The van der Waals surface area contributed by atoms with E-state index < -0.39 is 17.7 Å². The van der Waals surface area contributed by atoms with E-state index in [2.05, 4.69) is 0 Å². The van der Waals surface area contributed by atoms with Crippen LogP contribution >= 0.6 is 0 Å². The highest BCUT2D eigenvalue weighted by molar-refractivity contribution is 5.40. The van der Waals surface area contributed by atoms with Gasteiger partial charge in [0.2, 0.25) is 0 Å². The fourth-order valence-electron chi connectivity index (χ4n) is 2.11. The molecule has 0 saturated carbocycles. The predicted octanol–water partition coefficient (Wildman–Crippen LogP) is 4.88. The molecular weight excluding hydrogens is 265 g/mol. The van der Waals surface area contributed by atoms with Gasteiger partial charge in [0.15, 0.2) is 6.10 Å². The summed E-state index contributed by atoms with van der Waals surface area (Å²) < 4.78 is 38.6. The Labute approximate surface area is 118 Å². The standard InChI is InChI=1S/C16H23F3O/c1-14(2,3)10-7-8-12(15(4,5)6)11(9-10)13(20)16(17,18)19/h7-9,13,20H,1-6H3. The average molecular weight is 288 g/mol. The highest BCUT2D eigenvalue weighted by atomic mass is 19.4. The van der Waals surface area contributed by atoms with Crippen LogP contribution in [0.2, 0.25) is 0 Å². The van der Waals surface area contributed by atoms with Crippen molar-refractivity contribution in [3.05, 3.63) is 34.9 Å². The Hall–Kier alpha value is -1.03. The van der Waals surface area contributed by atoms with E-state index in [0.29, 0.717) is 5.56 Å². The molecule has 1 N–H and O–H groups in total. The summed E-state index contributed by atoms with van der Waals surface area (Å²) in [4.78, 5) is 0. The first-order valence-corrected chi connectivity index (χ1v) is 6.64. The van der Waals surface area contributed by atoms with E-state index in [1.54, 1.807) is 6.07 Å². The predicted molar refractivity (Wildman–Crippen MR) is 74.9 cm³/mol. The monoisotopic (exact) mass is 288 g/mol. The molecule has 1 nitrogen and oxygen atoms in total. The van der Waals surface area contributed by atoms with Gasteiger partial charge in [-0.1, -0.05) is 59.7 Å². The molecule has 20 heavy (non-hydrogen) atoms. The van der Waals surface area contributed by atoms with Crippen molar-refractivity contribution in [1.82, 2.24) is 0 Å². The fraction of sp³-hybridized carbons (Fsp3) is 0.625. The zero-order valence-corrected chi connectivity index (χ0v) is 12.9. The number of aliphatic hydroxyl groups is 1. The van der Waals surface area contributed by atoms with Crippen molar-refractivity contribution in [3.8, 4) is 0 Å². The third-order valence-corrected chi connectivity index (χ3v) is 3.33. The van der Waals surface area contributed by atoms with Gasteiger partial charge in [0, 0.05) is 0 Å². The highest BCUT2D eigenvalue weighted by Crippen LogP contribution is 2.39. The summed E-state index contributed by atoms with van der Waals surface area (Å²) in [7, 11) is 0. The van der Waals surface area contributed by atoms with Crippen molar-refractivity contribution in [2.24, 2.45) is 0 Å². The molecule has 0 spiro atoms. The first-order valence-electron chi connectivity index (χ1n) is 6.64. The number of benzene rings is 1. The van der Waals surface area contributed by atoms with Gasteiger partial charge in [0.25, 0.3) is 0 Å². The van der Waals surface area contributed by atoms with Crippen LogP contribution in [0.25, 0.3) is 0 Å². The quantitative estimate of drug-likeness (QED) is 0.781. The molecule has 0 aromatic heterocycles. The van der Waals surface area contributed by atoms with E-state index in [4.69, 9.17) is 0 Å². The first kappa shape index (κ1) is 17.0. The third-order valence-electron chi connectivity index (χ3n) is 3.33. The molecule has 114 valence electrons. The summed E-state index contributed by atoms with van der Waals surface area (Å²) >= 11 is 0. The molecular formula is C16H23F3O. The smallest absolute Gasteiger partial charge is 0.379 e. The maximum atomic E-state index is 12.9. The first-order chi connectivity index (χ1) is 8.74. The number of aliphatic hydroxyl groups excluding tert-OH is 1. The van der Waals surface area contributed by atoms with Gasteiger partial charge in [-0.25, -0.2) is 0 Å². The molecule has 0 saturated heterocycles. The lowest BCUT2D eigenvalue weighted by Crippen LogP contribution is -2.26. The van der Waals surface area contributed by atoms with Gasteiger partial charge in [0.1, 0.15) is 0 Å². The summed E-state index contributed by atoms with van der Waals surface area (Å²) in [6.45, 7) is 11.3. The molecule has 0 radical (unpaired) electrons. The zero-order valence-electron chi connectivity index (χ0n) is 12.9. The van der Waals surface area contributed by atoms with Crippen molar-refractivity contribution in [2.75, 3.05) is 0 Å². The Morgan fingerprint density at radius 1 is 0.900 bits per heavy atom. The van der Waals surface area contributed by atoms with Crippen molar-refractivity contribution >= 4 is 0 Å². The number of rotatable bonds is 1. The lowest BCUT2D eigenvalue weighted by atomic mass is 9.78. The number of alkyl halides is 3. The highest BCUT2D eigenvalue weighted by Gasteiger charge is 2.41. The summed E-state index contributed by atoms with van der Waals surface area (Å²) in [5, 5.41) is 9.67. The van der Waals surface area contributed by atoms with Gasteiger partial charge in [-0.2, -0.15) is 13.2 Å². The van der Waals surface area contributed by atoms with Gasteiger partial charge in [-0.05, 0) is 27.5 Å². The van der Waals surface area contributed by atoms with Crippen LogP contribution in [0.15, 0.2) is 18.2 Å². The Morgan fingerprint density at radius 3 is 1.75 bits per heavy atom. The molecule has 1 atom stereocenters. The lowest BCUT2D eigenvalue weighted by molar-refractivity contribution is -0.207. The van der Waals surface area contributed by atoms with Crippen LogP contribution in [-0.4, -0.2) is 11.3 Å². The second kappa shape index (κ2) is 5.06. The van der Waals surface area contributed by atoms with E-state index in [1.165, 1.54) is 6.07 Å². The lowest BCUT2D eigenvalue weighted by Gasteiger charge is -2.29. The van der Waals surface area contributed by atoms with Crippen LogP contribution in [0, 0.1) is 0 Å². The van der Waals surface area contributed by atoms with Gasteiger partial charge < -0.3 is 5.11 Å². The van der Waals surface area contributed by atoms with Crippen LogP contribution in [0.5, 0.6) is 0 Å². The van der Waals surface area contributed by atoms with Crippen LogP contribution < -0.4 is 0 Å². The molecule has 0 fully saturated rings. The van der Waals surface area contributed by atoms with Crippen LogP contribution in [0.3, 0.4) is 0 Å². The molecule has 1 aromatic rings. The summed E-state index contributed by atoms with van der Waals surface area (Å²) in [5.41, 5.74) is 0.533. The van der Waals surface area contributed by atoms with Crippen molar-refractivity contribution in [3.63, 3.8) is 0 Å². The van der Waals surface area contributed by atoms with Crippen molar-refractivity contribution in [1.29, 1.82) is 0 Å². The Balaban J connectivity index is 3.50. The molecule has 4 heteroatoms. The normalized spacial score (nSPS) is 15.3. The van der Waals surface area contributed by atoms with Crippen LogP contribution in [-0.2, 0) is 10.8 Å². The molecule has 0 aliphatic rings. The number of halogens is 3. The number of hydrogen-bond donors (Lipinski definition) is 1. The van der Waals surface area contributed by atoms with Gasteiger partial charge in [-0.15, -0.1) is 0 Å². The molecule has 0 aliphatic carbocycles. The summed E-state index contributed by atoms with van der Waals surface area (Å²) in [5.74, 6) is 0. The average Bonchev–Trinajstić information content (AvgIpc) is 2.23. The van der Waals surface area contributed by atoms with E-state index in [0.717, 1.165) is 5.56 Å². The Kier molecular flexibility index (Phi) is 4.31. The molecule has 0 aliphatic heterocycles. The van der Waals surface area contributed by atoms with E-state index in [9.17, 15) is 18.3 Å². The minimum absolute atomic E-state index is 0.0441. The summed E-state index contributed by atoms with van der Waals surface area (Å²) in [6, 6.07) is 5.02. The van der Waals surface area contributed by atoms with Crippen LogP contribution in [0.4, 0.5) is 13.2 Å². The second-order valence-corrected chi connectivity index (χ2v) is 7.25. The zero-order chi connectivity index (χ0) is 15.9. The maximum absolute atomic E-state index is 12.9. The largest absolute Gasteiger partial charge is 0.418 e. The molecule has 1 unspecified atom stereocenters. The Bertz CT molecular complexity index is 476. The maximum Gasteiger partial charge on any atom is 0.418 e. The fourth-order valence-corrected chi connectivity index (χ4v) is 2.11. The molecule has 1 aromatic carbocycles. The second-order valence-electron chi connectivity index (χ2n) is 7.25. The molecule has 1 rings (SSSR count). The molecule has 0 bridgehead atoms. The third kappa shape index (κ3) is 3.75.